The van der Waals surface area contributed by atoms with Crippen molar-refractivity contribution in [1.82, 2.24) is 15.1 Å². The fourth-order valence-electron chi connectivity index (χ4n) is 3.72. The molecule has 11 nitrogen and oxygen atoms in total. The predicted octanol–water partition coefficient (Wildman–Crippen LogP) is 1.57. The molecular formula is C20H24N4O7. The first-order valence-electron chi connectivity index (χ1n) is 10.2. The number of urea groups is 1. The Balaban J connectivity index is 1.43. The zero-order valence-electron chi connectivity index (χ0n) is 17.2. The summed E-state index contributed by atoms with van der Waals surface area (Å²) in [5, 5.41) is 13.6. The standard InChI is InChI=1S/C20H24N4O7/c1-2-31-19(27)13-6-10-22(11-7-13)20(28)21-8-3-9-23-17(25)15-5-4-14(24(29)30)12-16(15)18(23)26/h4-5,12-13H,2-3,6-11H2,1H3,(H,21,28). The molecule has 0 saturated carbocycles. The molecule has 0 aliphatic carbocycles. The summed E-state index contributed by atoms with van der Waals surface area (Å²) >= 11 is 0. The third kappa shape index (κ3) is 4.81. The van der Waals surface area contributed by atoms with E-state index in [-0.39, 0.29) is 47.8 Å². The average Bonchev–Trinajstić information content (AvgIpc) is 3.00. The van der Waals surface area contributed by atoms with Crippen LogP contribution in [-0.2, 0) is 9.53 Å². The van der Waals surface area contributed by atoms with Crippen LogP contribution in [0.4, 0.5) is 10.5 Å². The summed E-state index contributed by atoms with van der Waals surface area (Å²) in [7, 11) is 0. The number of hydrogen-bond donors (Lipinski definition) is 1. The van der Waals surface area contributed by atoms with Gasteiger partial charge in [0.1, 0.15) is 0 Å². The van der Waals surface area contributed by atoms with Gasteiger partial charge >= 0.3 is 12.0 Å². The van der Waals surface area contributed by atoms with E-state index in [4.69, 9.17) is 4.74 Å². The fraction of sp³-hybridized carbons (Fsp3) is 0.500. The number of fused-ring (bicyclic) bond motifs is 1. The summed E-state index contributed by atoms with van der Waals surface area (Å²) in [4.78, 5) is 61.8. The molecule has 3 rings (SSSR count). The number of nitrogens with zero attached hydrogens (tertiary/aromatic N) is 3. The number of hydrogen-bond acceptors (Lipinski definition) is 7. The van der Waals surface area contributed by atoms with Crippen molar-refractivity contribution in [2.24, 2.45) is 5.92 Å². The van der Waals surface area contributed by atoms with Crippen molar-refractivity contribution >= 4 is 29.5 Å². The molecule has 31 heavy (non-hydrogen) atoms. The van der Waals surface area contributed by atoms with Gasteiger partial charge in [0.2, 0.25) is 0 Å². The van der Waals surface area contributed by atoms with E-state index in [2.05, 4.69) is 5.32 Å². The van der Waals surface area contributed by atoms with E-state index in [0.717, 1.165) is 11.0 Å². The predicted molar refractivity (Wildman–Crippen MR) is 107 cm³/mol. The second kappa shape index (κ2) is 9.54. The molecule has 1 aromatic rings. The van der Waals surface area contributed by atoms with Crippen LogP contribution in [0.15, 0.2) is 18.2 Å². The molecule has 2 aliphatic rings. The van der Waals surface area contributed by atoms with Crippen LogP contribution in [0, 0.1) is 16.0 Å². The van der Waals surface area contributed by atoms with E-state index < -0.39 is 16.7 Å². The number of nitro groups is 1. The van der Waals surface area contributed by atoms with E-state index in [1.54, 1.807) is 11.8 Å². The Morgan fingerprint density at radius 2 is 1.87 bits per heavy atom. The number of nitro benzene ring substituents is 1. The first-order chi connectivity index (χ1) is 14.8. The number of imide groups is 1. The highest BCUT2D eigenvalue weighted by Crippen LogP contribution is 2.26. The molecule has 1 aromatic carbocycles. The van der Waals surface area contributed by atoms with Crippen molar-refractivity contribution < 1.29 is 28.8 Å². The van der Waals surface area contributed by atoms with Gasteiger partial charge in [-0.2, -0.15) is 0 Å². The lowest BCUT2D eigenvalue weighted by molar-refractivity contribution is -0.384. The van der Waals surface area contributed by atoms with Gasteiger partial charge in [-0.25, -0.2) is 4.79 Å². The van der Waals surface area contributed by atoms with Crippen molar-refractivity contribution in [3.05, 3.63) is 39.4 Å². The number of benzene rings is 1. The zero-order chi connectivity index (χ0) is 22.5. The first-order valence-corrected chi connectivity index (χ1v) is 10.2. The van der Waals surface area contributed by atoms with Crippen LogP contribution in [-0.4, -0.2) is 71.3 Å². The van der Waals surface area contributed by atoms with Crippen molar-refractivity contribution in [2.45, 2.75) is 26.2 Å². The minimum Gasteiger partial charge on any atom is -0.466 e. The monoisotopic (exact) mass is 432 g/mol. The van der Waals surface area contributed by atoms with Gasteiger partial charge in [-0.3, -0.25) is 29.4 Å². The summed E-state index contributed by atoms with van der Waals surface area (Å²) in [6.07, 6.45) is 1.44. The van der Waals surface area contributed by atoms with Gasteiger partial charge in [0.15, 0.2) is 0 Å². The van der Waals surface area contributed by atoms with Crippen LogP contribution in [0.25, 0.3) is 0 Å². The van der Waals surface area contributed by atoms with Gasteiger partial charge in [-0.1, -0.05) is 0 Å². The number of likely N-dealkylation sites (tertiary alicyclic amines) is 1. The molecular weight excluding hydrogens is 408 g/mol. The molecule has 0 bridgehead atoms. The Morgan fingerprint density at radius 1 is 1.19 bits per heavy atom. The lowest BCUT2D eigenvalue weighted by Gasteiger charge is -2.31. The fourth-order valence-corrected chi connectivity index (χ4v) is 3.72. The lowest BCUT2D eigenvalue weighted by Crippen LogP contribution is -2.46. The SMILES string of the molecule is CCOC(=O)C1CCN(C(=O)NCCCN2C(=O)c3ccc([N+](=O)[O-])cc3C2=O)CC1. The maximum atomic E-state index is 12.4. The summed E-state index contributed by atoms with van der Waals surface area (Å²) < 4.78 is 5.01. The smallest absolute Gasteiger partial charge is 0.317 e. The van der Waals surface area contributed by atoms with Gasteiger partial charge < -0.3 is 15.0 Å². The highest BCUT2D eigenvalue weighted by molar-refractivity contribution is 6.21. The second-order valence-corrected chi connectivity index (χ2v) is 7.35. The summed E-state index contributed by atoms with van der Waals surface area (Å²) in [5.74, 6) is -1.49. The number of esters is 1. The molecule has 2 aliphatic heterocycles. The highest BCUT2D eigenvalue weighted by Gasteiger charge is 2.36. The Morgan fingerprint density at radius 3 is 2.52 bits per heavy atom. The van der Waals surface area contributed by atoms with Crippen LogP contribution >= 0.6 is 0 Å². The van der Waals surface area contributed by atoms with Crippen LogP contribution in [0.1, 0.15) is 46.9 Å². The Hall–Kier alpha value is -3.50. The minimum absolute atomic E-state index is 0.0210. The van der Waals surface area contributed by atoms with Gasteiger partial charge in [0.05, 0.1) is 28.6 Å². The Labute approximate surface area is 178 Å². The topological polar surface area (TPSA) is 139 Å². The Kier molecular flexibility index (Phi) is 6.83. The number of rotatable bonds is 7. The third-order valence-electron chi connectivity index (χ3n) is 5.40. The first kappa shape index (κ1) is 22.2. The molecule has 1 fully saturated rings. The van der Waals surface area contributed by atoms with Crippen molar-refractivity contribution in [1.29, 1.82) is 0 Å². The molecule has 4 amide bonds. The maximum Gasteiger partial charge on any atom is 0.317 e. The number of piperidine rings is 1. The largest absolute Gasteiger partial charge is 0.466 e. The van der Waals surface area contributed by atoms with Crippen LogP contribution in [0.5, 0.6) is 0 Å². The van der Waals surface area contributed by atoms with E-state index in [1.807, 2.05) is 0 Å². The molecule has 1 saturated heterocycles. The number of carbonyl (C=O) groups is 4. The number of carbonyl (C=O) groups excluding carboxylic acids is 4. The minimum atomic E-state index is -0.619. The van der Waals surface area contributed by atoms with Crippen LogP contribution in [0.3, 0.4) is 0 Å². The van der Waals surface area contributed by atoms with Crippen molar-refractivity contribution in [2.75, 3.05) is 32.8 Å². The molecule has 2 heterocycles. The molecule has 11 heteroatoms. The van der Waals surface area contributed by atoms with Crippen LogP contribution in [0.2, 0.25) is 0 Å². The van der Waals surface area contributed by atoms with Gasteiger partial charge in [0.25, 0.3) is 17.5 Å². The zero-order valence-corrected chi connectivity index (χ0v) is 17.2. The summed E-state index contributed by atoms with van der Waals surface area (Å²) in [5.41, 5.74) is -0.0856. The van der Waals surface area contributed by atoms with Gasteiger partial charge in [0, 0.05) is 38.3 Å². The summed E-state index contributed by atoms with van der Waals surface area (Å²) in [6.45, 7) is 3.34. The van der Waals surface area contributed by atoms with E-state index in [0.29, 0.717) is 39.0 Å². The average molecular weight is 432 g/mol. The highest BCUT2D eigenvalue weighted by atomic mass is 16.6. The molecule has 0 spiro atoms. The van der Waals surface area contributed by atoms with E-state index in [1.165, 1.54) is 12.1 Å². The van der Waals surface area contributed by atoms with Gasteiger partial charge in [-0.15, -0.1) is 0 Å². The number of amides is 4. The van der Waals surface area contributed by atoms with Crippen molar-refractivity contribution in [3.63, 3.8) is 0 Å². The molecule has 0 aromatic heterocycles. The third-order valence-corrected chi connectivity index (χ3v) is 5.40. The second-order valence-electron chi connectivity index (χ2n) is 7.35. The quantitative estimate of drug-likeness (QED) is 0.227. The molecule has 166 valence electrons. The van der Waals surface area contributed by atoms with E-state index >= 15 is 0 Å². The van der Waals surface area contributed by atoms with E-state index in [9.17, 15) is 29.3 Å². The molecule has 0 unspecified atom stereocenters. The summed E-state index contributed by atoms with van der Waals surface area (Å²) in [6, 6.07) is 3.33. The lowest BCUT2D eigenvalue weighted by atomic mass is 9.97. The molecule has 0 atom stereocenters. The Bertz CT molecular complexity index is 909. The number of ether oxygens (including phenoxy) is 1. The molecule has 1 N–H and O–H groups in total. The number of nitrogens with one attached hydrogen (secondary N) is 1. The number of non-ortho nitro benzene ring substituents is 1. The van der Waals surface area contributed by atoms with Crippen molar-refractivity contribution in [3.8, 4) is 0 Å². The normalized spacial score (nSPS) is 16.3. The molecule has 0 radical (unpaired) electrons. The van der Waals surface area contributed by atoms with Crippen LogP contribution < -0.4 is 5.32 Å². The maximum absolute atomic E-state index is 12.4. The van der Waals surface area contributed by atoms with Gasteiger partial charge in [-0.05, 0) is 32.3 Å².